The van der Waals surface area contributed by atoms with Crippen LogP contribution in [0.5, 0.6) is 11.5 Å². The minimum absolute atomic E-state index is 0.180. The maximum absolute atomic E-state index is 12.2. The van der Waals surface area contributed by atoms with Gasteiger partial charge >= 0.3 is 0 Å². The number of hydrazine groups is 1. The molecule has 2 N–H and O–H groups in total. The Hall–Kier alpha value is -1.44. The number of carbonyl (C=O) groups is 1. The summed E-state index contributed by atoms with van der Waals surface area (Å²) in [6.45, 7) is 1.92. The number of hydrogen-bond donors (Lipinski definition) is 2. The van der Waals surface area contributed by atoms with Crippen LogP contribution in [0.3, 0.4) is 0 Å². The topological polar surface area (TPSA) is 62.8 Å². The zero-order chi connectivity index (χ0) is 15.8. The summed E-state index contributed by atoms with van der Waals surface area (Å²) in [7, 11) is 0. The summed E-state index contributed by atoms with van der Waals surface area (Å²) in [5.74, 6) is 2.78. The second-order valence-corrected chi connectivity index (χ2v) is 7.08. The van der Waals surface area contributed by atoms with Gasteiger partial charge in [0.25, 0.3) is 0 Å². The summed E-state index contributed by atoms with van der Waals surface area (Å²) in [5, 5.41) is 0. The van der Waals surface area contributed by atoms with Crippen LogP contribution in [0.1, 0.15) is 18.0 Å². The predicted molar refractivity (Wildman–Crippen MR) is 88.4 cm³/mol. The summed E-state index contributed by atoms with van der Waals surface area (Å²) in [6, 6.07) is 6.68. The zero-order valence-electron chi connectivity index (χ0n) is 13.1. The Morgan fingerprint density at radius 2 is 2.22 bits per heavy atom. The van der Waals surface area contributed by atoms with Gasteiger partial charge in [-0.2, -0.15) is 11.8 Å². The van der Waals surface area contributed by atoms with Crippen LogP contribution in [0.4, 0.5) is 0 Å². The van der Waals surface area contributed by atoms with E-state index in [2.05, 4.69) is 16.9 Å². The van der Waals surface area contributed by atoms with Crippen molar-refractivity contribution in [3.05, 3.63) is 23.8 Å². The second-order valence-electron chi connectivity index (χ2n) is 6.21. The van der Waals surface area contributed by atoms with Gasteiger partial charge < -0.3 is 14.4 Å². The lowest BCUT2D eigenvalue weighted by Gasteiger charge is -2.36. The molecular weight excluding hydrogens is 314 g/mol. The molecule has 1 aromatic carbocycles. The molecule has 6 nitrogen and oxygen atoms in total. The van der Waals surface area contributed by atoms with Crippen molar-refractivity contribution in [1.82, 2.24) is 15.8 Å². The molecular formula is C16H21N3O3S. The van der Waals surface area contributed by atoms with Crippen molar-refractivity contribution in [2.75, 3.05) is 31.9 Å². The number of rotatable bonds is 3. The number of hydrogen-bond acceptors (Lipinski definition) is 6. The fourth-order valence-corrected chi connectivity index (χ4v) is 4.11. The van der Waals surface area contributed by atoms with Crippen LogP contribution in [0.15, 0.2) is 18.2 Å². The Labute approximate surface area is 139 Å². The van der Waals surface area contributed by atoms with Crippen molar-refractivity contribution >= 4 is 17.7 Å². The normalized spacial score (nSPS) is 28.7. The lowest BCUT2D eigenvalue weighted by molar-refractivity contribution is -0.130. The fraction of sp³-hybridized carbons (Fsp3) is 0.562. The van der Waals surface area contributed by atoms with Crippen LogP contribution in [0, 0.1) is 5.92 Å². The quantitative estimate of drug-likeness (QED) is 0.864. The van der Waals surface area contributed by atoms with Gasteiger partial charge in [-0.05, 0) is 30.4 Å². The maximum Gasteiger partial charge on any atom is 0.232 e. The highest BCUT2D eigenvalue weighted by molar-refractivity contribution is 7.99. The molecule has 0 bridgehead atoms. The van der Waals surface area contributed by atoms with Crippen molar-refractivity contribution in [3.8, 4) is 11.5 Å². The van der Waals surface area contributed by atoms with Crippen molar-refractivity contribution in [1.29, 1.82) is 0 Å². The van der Waals surface area contributed by atoms with Crippen molar-refractivity contribution in [3.63, 3.8) is 0 Å². The number of amides is 1. The van der Waals surface area contributed by atoms with E-state index in [9.17, 15) is 4.79 Å². The maximum atomic E-state index is 12.2. The third-order valence-corrected chi connectivity index (χ3v) is 5.42. The number of carbonyl (C=O) groups excluding carboxylic acids is 1. The van der Waals surface area contributed by atoms with Crippen molar-refractivity contribution in [2.45, 2.75) is 18.5 Å². The van der Waals surface area contributed by atoms with Gasteiger partial charge in [-0.15, -0.1) is 0 Å². The minimum atomic E-state index is 0.180. The zero-order valence-corrected chi connectivity index (χ0v) is 13.9. The van der Waals surface area contributed by atoms with E-state index in [-0.39, 0.29) is 18.7 Å². The van der Waals surface area contributed by atoms with Crippen LogP contribution in [0.2, 0.25) is 0 Å². The Bertz CT molecular complexity index is 612. The highest BCUT2D eigenvalue weighted by Crippen LogP contribution is 2.39. The SMILES string of the molecule is CSCC(=O)N1CCC2NNC(c3ccc4c(c3)OCO4)C2C1. The van der Waals surface area contributed by atoms with Crippen molar-refractivity contribution in [2.24, 2.45) is 5.92 Å². The monoisotopic (exact) mass is 335 g/mol. The average Bonchev–Trinajstić information content (AvgIpc) is 3.20. The van der Waals surface area contributed by atoms with Gasteiger partial charge in [0.15, 0.2) is 11.5 Å². The Balaban J connectivity index is 1.52. The van der Waals surface area contributed by atoms with Gasteiger partial charge in [0.1, 0.15) is 0 Å². The number of benzene rings is 1. The first kappa shape index (κ1) is 15.1. The standard InChI is InChI=1S/C16H21N3O3S/c1-23-8-15(20)19-5-4-12-11(7-19)16(18-17-12)10-2-3-13-14(6-10)22-9-21-13/h2-3,6,11-12,16-18H,4-5,7-9H2,1H3. The molecule has 0 saturated carbocycles. The number of fused-ring (bicyclic) bond motifs is 2. The van der Waals surface area contributed by atoms with E-state index in [0.29, 0.717) is 17.7 Å². The molecule has 0 radical (unpaired) electrons. The van der Waals surface area contributed by atoms with Gasteiger partial charge in [-0.25, -0.2) is 5.43 Å². The molecule has 3 heterocycles. The number of piperidine rings is 1. The number of nitrogens with one attached hydrogen (secondary N) is 2. The highest BCUT2D eigenvalue weighted by Gasteiger charge is 2.41. The van der Waals surface area contributed by atoms with E-state index >= 15 is 0 Å². The van der Waals surface area contributed by atoms with Crippen LogP contribution in [-0.2, 0) is 4.79 Å². The van der Waals surface area contributed by atoms with E-state index in [0.717, 1.165) is 31.0 Å². The Morgan fingerprint density at radius 3 is 3.09 bits per heavy atom. The molecule has 3 unspecified atom stereocenters. The molecule has 3 aliphatic heterocycles. The van der Waals surface area contributed by atoms with Gasteiger partial charge in [0, 0.05) is 25.0 Å². The Morgan fingerprint density at radius 1 is 1.35 bits per heavy atom. The van der Waals surface area contributed by atoms with Gasteiger partial charge in [-0.1, -0.05) is 6.07 Å². The number of ether oxygens (including phenoxy) is 2. The van der Waals surface area contributed by atoms with Gasteiger partial charge in [-0.3, -0.25) is 10.2 Å². The molecule has 0 aromatic heterocycles. The molecule has 4 rings (SSSR count). The summed E-state index contributed by atoms with van der Waals surface area (Å²) in [6.07, 6.45) is 2.96. The molecule has 2 saturated heterocycles. The molecule has 3 atom stereocenters. The first-order valence-corrected chi connectivity index (χ1v) is 9.33. The van der Waals surface area contributed by atoms with Crippen LogP contribution in [-0.4, -0.2) is 48.7 Å². The molecule has 3 aliphatic rings. The first-order valence-electron chi connectivity index (χ1n) is 7.93. The first-order chi connectivity index (χ1) is 11.3. The molecule has 0 aliphatic carbocycles. The number of likely N-dealkylation sites (tertiary alicyclic amines) is 1. The van der Waals surface area contributed by atoms with E-state index in [1.807, 2.05) is 23.3 Å². The molecule has 1 amide bonds. The highest BCUT2D eigenvalue weighted by atomic mass is 32.2. The van der Waals surface area contributed by atoms with Crippen LogP contribution < -0.4 is 20.3 Å². The van der Waals surface area contributed by atoms with Gasteiger partial charge in [0.05, 0.1) is 11.8 Å². The van der Waals surface area contributed by atoms with Crippen LogP contribution in [0.25, 0.3) is 0 Å². The average molecular weight is 335 g/mol. The van der Waals surface area contributed by atoms with Crippen molar-refractivity contribution < 1.29 is 14.3 Å². The molecule has 124 valence electrons. The largest absolute Gasteiger partial charge is 0.454 e. The van der Waals surface area contributed by atoms with E-state index in [1.165, 1.54) is 5.56 Å². The number of thioether (sulfide) groups is 1. The van der Waals surface area contributed by atoms with E-state index in [4.69, 9.17) is 9.47 Å². The molecule has 23 heavy (non-hydrogen) atoms. The lowest BCUT2D eigenvalue weighted by Crippen LogP contribution is -2.48. The Kier molecular flexibility index (Phi) is 4.09. The summed E-state index contributed by atoms with van der Waals surface area (Å²) >= 11 is 1.59. The number of nitrogens with zero attached hydrogens (tertiary/aromatic N) is 1. The van der Waals surface area contributed by atoms with E-state index < -0.39 is 0 Å². The van der Waals surface area contributed by atoms with Gasteiger partial charge in [0.2, 0.25) is 12.7 Å². The fourth-order valence-electron chi connectivity index (χ4n) is 3.68. The summed E-state index contributed by atoms with van der Waals surface area (Å²) in [4.78, 5) is 14.2. The third kappa shape index (κ3) is 2.77. The predicted octanol–water partition coefficient (Wildman–Crippen LogP) is 1.14. The molecule has 7 heteroatoms. The van der Waals surface area contributed by atoms with Crippen LogP contribution >= 0.6 is 11.8 Å². The molecule has 2 fully saturated rings. The second kappa shape index (κ2) is 6.22. The molecule has 1 aromatic rings. The summed E-state index contributed by atoms with van der Waals surface area (Å²) in [5.41, 5.74) is 7.98. The molecule has 0 spiro atoms. The third-order valence-electron chi connectivity index (χ3n) is 4.89. The minimum Gasteiger partial charge on any atom is -0.454 e. The summed E-state index contributed by atoms with van der Waals surface area (Å²) < 4.78 is 10.9. The smallest absolute Gasteiger partial charge is 0.232 e. The van der Waals surface area contributed by atoms with E-state index in [1.54, 1.807) is 11.8 Å². The lowest BCUT2D eigenvalue weighted by atomic mass is 9.85.